The van der Waals surface area contributed by atoms with E-state index >= 15 is 0 Å². The Hall–Kier alpha value is -1.30. The number of aliphatic hydroxyl groups is 1. The summed E-state index contributed by atoms with van der Waals surface area (Å²) < 4.78 is 0. The normalized spacial score (nSPS) is 14.5. The van der Waals surface area contributed by atoms with E-state index in [0.29, 0.717) is 19.4 Å². The molecule has 2 amide bonds. The van der Waals surface area contributed by atoms with E-state index in [4.69, 9.17) is 5.11 Å². The molecule has 0 aromatic carbocycles. The van der Waals surface area contributed by atoms with E-state index in [1.807, 2.05) is 20.8 Å². The number of amides is 2. The zero-order chi connectivity index (χ0) is 15.9. The van der Waals surface area contributed by atoms with E-state index in [-0.39, 0.29) is 17.9 Å². The monoisotopic (exact) mass is 288 g/mol. The van der Waals surface area contributed by atoms with Crippen LogP contribution in [0.15, 0.2) is 0 Å². The first kappa shape index (κ1) is 18.7. The van der Waals surface area contributed by atoms with Crippen molar-refractivity contribution in [1.82, 2.24) is 10.2 Å². The van der Waals surface area contributed by atoms with Gasteiger partial charge in [0.25, 0.3) is 0 Å². The highest BCUT2D eigenvalue weighted by Crippen LogP contribution is 2.22. The molecule has 0 aromatic rings. The quantitative estimate of drug-likeness (QED) is 0.665. The van der Waals surface area contributed by atoms with Gasteiger partial charge in [0.15, 0.2) is 0 Å². The van der Waals surface area contributed by atoms with Crippen LogP contribution in [0.25, 0.3) is 0 Å². The van der Waals surface area contributed by atoms with Crippen molar-refractivity contribution in [2.75, 3.05) is 13.6 Å². The van der Waals surface area contributed by atoms with Gasteiger partial charge in [-0.2, -0.15) is 0 Å². The highest BCUT2D eigenvalue weighted by Gasteiger charge is 2.23. The third-order valence-corrected chi connectivity index (χ3v) is 2.84. The van der Waals surface area contributed by atoms with Crippen molar-refractivity contribution in [1.29, 1.82) is 0 Å². The Balaban J connectivity index is 4.47. The Bertz CT molecular complexity index is 324. The minimum absolute atomic E-state index is 0.0639. The highest BCUT2D eigenvalue weighted by molar-refractivity contribution is 5.75. The topological polar surface area (TPSA) is 89.9 Å². The summed E-state index contributed by atoms with van der Waals surface area (Å²) in [6.07, 6.45) is 0.532. The van der Waals surface area contributed by atoms with Crippen LogP contribution in [-0.2, 0) is 4.79 Å². The first-order valence-electron chi connectivity index (χ1n) is 6.92. The maximum Gasteiger partial charge on any atom is 0.317 e. The van der Waals surface area contributed by atoms with E-state index in [1.54, 1.807) is 14.0 Å². The molecule has 0 rings (SSSR count). The molecule has 2 unspecified atom stereocenters. The number of urea groups is 1. The van der Waals surface area contributed by atoms with Crippen molar-refractivity contribution >= 4 is 12.0 Å². The predicted octanol–water partition coefficient (Wildman–Crippen LogP) is 1.68. The number of hydrogen-bond acceptors (Lipinski definition) is 3. The molecule has 0 aliphatic rings. The number of carboxylic acids is 1. The number of carbonyl (C=O) groups excluding carboxylic acids is 1. The van der Waals surface area contributed by atoms with Gasteiger partial charge in [-0.05, 0) is 25.2 Å². The molecular formula is C14H28N2O4. The van der Waals surface area contributed by atoms with Crippen molar-refractivity contribution in [2.24, 2.45) is 5.41 Å². The second kappa shape index (κ2) is 8.09. The van der Waals surface area contributed by atoms with Gasteiger partial charge in [0.2, 0.25) is 0 Å². The highest BCUT2D eigenvalue weighted by atomic mass is 16.4. The molecule has 0 fully saturated rings. The minimum atomic E-state index is -0.925. The van der Waals surface area contributed by atoms with E-state index in [9.17, 15) is 14.7 Å². The SMILES string of the molecule is CC(O)CCN(C)C(=O)NC(CC(=O)O)CC(C)(C)C. The van der Waals surface area contributed by atoms with Gasteiger partial charge in [0, 0.05) is 19.6 Å². The first-order chi connectivity index (χ1) is 9.01. The Kier molecular flexibility index (Phi) is 7.57. The van der Waals surface area contributed by atoms with E-state index in [1.165, 1.54) is 4.90 Å². The lowest BCUT2D eigenvalue weighted by atomic mass is 9.87. The van der Waals surface area contributed by atoms with Crippen LogP contribution in [0.2, 0.25) is 0 Å². The fraction of sp³-hybridized carbons (Fsp3) is 0.857. The zero-order valence-electron chi connectivity index (χ0n) is 13.1. The molecule has 6 heteroatoms. The van der Waals surface area contributed by atoms with Crippen molar-refractivity contribution < 1.29 is 19.8 Å². The molecule has 0 bridgehead atoms. The summed E-state index contributed by atoms with van der Waals surface area (Å²) in [5, 5.41) is 20.9. The lowest BCUT2D eigenvalue weighted by molar-refractivity contribution is -0.137. The molecule has 0 saturated carbocycles. The molecule has 0 aromatic heterocycles. The Morgan fingerprint density at radius 3 is 2.25 bits per heavy atom. The minimum Gasteiger partial charge on any atom is -0.481 e. The summed E-state index contributed by atoms with van der Waals surface area (Å²) in [5.74, 6) is -0.925. The van der Waals surface area contributed by atoms with Crippen molar-refractivity contribution in [3.63, 3.8) is 0 Å². The Labute approximate surface area is 121 Å². The van der Waals surface area contributed by atoms with E-state index in [0.717, 1.165) is 0 Å². The summed E-state index contributed by atoms with van der Waals surface area (Å²) in [6.45, 7) is 8.11. The molecule has 2 atom stereocenters. The Morgan fingerprint density at radius 1 is 1.30 bits per heavy atom. The van der Waals surface area contributed by atoms with Crippen LogP contribution in [0.4, 0.5) is 4.79 Å². The van der Waals surface area contributed by atoms with Gasteiger partial charge in [-0.15, -0.1) is 0 Å². The second-order valence-corrected chi connectivity index (χ2v) is 6.57. The number of rotatable bonds is 7. The maximum absolute atomic E-state index is 12.0. The van der Waals surface area contributed by atoms with Gasteiger partial charge in [-0.25, -0.2) is 4.79 Å². The van der Waals surface area contributed by atoms with Gasteiger partial charge >= 0.3 is 12.0 Å². The third kappa shape index (κ3) is 9.61. The van der Waals surface area contributed by atoms with Gasteiger partial charge in [-0.1, -0.05) is 20.8 Å². The number of nitrogens with zero attached hydrogens (tertiary/aromatic N) is 1. The number of carbonyl (C=O) groups is 2. The van der Waals surface area contributed by atoms with Crippen LogP contribution in [0, 0.1) is 5.41 Å². The van der Waals surface area contributed by atoms with Gasteiger partial charge in [0.05, 0.1) is 12.5 Å². The largest absolute Gasteiger partial charge is 0.481 e. The van der Waals surface area contributed by atoms with Crippen LogP contribution in [0.1, 0.15) is 47.0 Å². The third-order valence-electron chi connectivity index (χ3n) is 2.84. The summed E-state index contributed by atoms with van der Waals surface area (Å²) in [5.41, 5.74) is -0.0639. The number of hydrogen-bond donors (Lipinski definition) is 3. The number of aliphatic carboxylic acids is 1. The second-order valence-electron chi connectivity index (χ2n) is 6.57. The van der Waals surface area contributed by atoms with Gasteiger partial charge < -0.3 is 20.4 Å². The average molecular weight is 288 g/mol. The van der Waals surface area contributed by atoms with E-state index < -0.39 is 18.1 Å². The van der Waals surface area contributed by atoms with Crippen molar-refractivity contribution in [3.05, 3.63) is 0 Å². The standard InChI is InChI=1S/C14H28N2O4/c1-10(17)6-7-16(5)13(20)15-11(8-12(18)19)9-14(2,3)4/h10-11,17H,6-9H2,1-5H3,(H,15,20)(H,18,19). The van der Waals surface area contributed by atoms with Crippen molar-refractivity contribution in [3.8, 4) is 0 Å². The molecule has 0 radical (unpaired) electrons. The van der Waals surface area contributed by atoms with Gasteiger partial charge in [-0.3, -0.25) is 4.79 Å². The molecule has 20 heavy (non-hydrogen) atoms. The van der Waals surface area contributed by atoms with Crippen LogP contribution < -0.4 is 5.32 Å². The molecule has 0 aliphatic heterocycles. The lowest BCUT2D eigenvalue weighted by Crippen LogP contribution is -2.45. The first-order valence-corrected chi connectivity index (χ1v) is 6.92. The fourth-order valence-electron chi connectivity index (χ4n) is 1.89. The maximum atomic E-state index is 12.0. The van der Waals surface area contributed by atoms with Gasteiger partial charge in [0.1, 0.15) is 0 Å². The van der Waals surface area contributed by atoms with Crippen LogP contribution in [-0.4, -0.2) is 52.9 Å². The predicted molar refractivity (Wildman–Crippen MR) is 77.6 cm³/mol. The molecule has 6 nitrogen and oxygen atoms in total. The number of aliphatic hydroxyl groups excluding tert-OH is 1. The van der Waals surface area contributed by atoms with Crippen LogP contribution >= 0.6 is 0 Å². The number of carboxylic acid groups (broad SMARTS) is 1. The molecule has 0 aliphatic carbocycles. The average Bonchev–Trinajstić information content (AvgIpc) is 2.21. The summed E-state index contributed by atoms with van der Waals surface area (Å²) >= 11 is 0. The molecule has 0 heterocycles. The smallest absolute Gasteiger partial charge is 0.317 e. The molecular weight excluding hydrogens is 260 g/mol. The zero-order valence-corrected chi connectivity index (χ0v) is 13.1. The number of nitrogens with one attached hydrogen (secondary N) is 1. The summed E-state index contributed by atoms with van der Waals surface area (Å²) in [4.78, 5) is 24.3. The fourth-order valence-corrected chi connectivity index (χ4v) is 1.89. The van der Waals surface area contributed by atoms with Crippen LogP contribution in [0.3, 0.4) is 0 Å². The van der Waals surface area contributed by atoms with Crippen LogP contribution in [0.5, 0.6) is 0 Å². The Morgan fingerprint density at radius 2 is 1.85 bits per heavy atom. The molecule has 118 valence electrons. The van der Waals surface area contributed by atoms with Crippen molar-refractivity contribution in [2.45, 2.75) is 59.1 Å². The molecule has 0 saturated heterocycles. The summed E-state index contributed by atoms with van der Waals surface area (Å²) in [7, 11) is 1.63. The lowest BCUT2D eigenvalue weighted by Gasteiger charge is -2.28. The molecule has 0 spiro atoms. The summed E-state index contributed by atoms with van der Waals surface area (Å²) in [6, 6.07) is -0.699. The van der Waals surface area contributed by atoms with E-state index in [2.05, 4.69) is 5.32 Å². The molecule has 3 N–H and O–H groups in total.